The van der Waals surface area contributed by atoms with Gasteiger partial charge < -0.3 is 20.1 Å². The first kappa shape index (κ1) is 20.5. The number of rotatable bonds is 7. The molecule has 31 heavy (non-hydrogen) atoms. The second-order valence-corrected chi connectivity index (χ2v) is 7.79. The van der Waals surface area contributed by atoms with E-state index >= 15 is 0 Å². The summed E-state index contributed by atoms with van der Waals surface area (Å²) in [4.78, 5) is 23.3. The molecule has 0 aliphatic carbocycles. The van der Waals surface area contributed by atoms with Crippen LogP contribution >= 0.6 is 0 Å². The van der Waals surface area contributed by atoms with E-state index in [0.717, 1.165) is 23.0 Å². The number of carbonyl (C=O) groups excluding carboxylic acids is 1. The van der Waals surface area contributed by atoms with E-state index in [0.29, 0.717) is 28.6 Å². The molecule has 0 atom stereocenters. The van der Waals surface area contributed by atoms with Gasteiger partial charge in [0, 0.05) is 17.5 Å². The Morgan fingerprint density at radius 1 is 0.968 bits per heavy atom. The monoisotopic (exact) mass is 416 g/mol. The minimum Gasteiger partial charge on any atom is -0.481 e. The molecule has 0 fully saturated rings. The van der Waals surface area contributed by atoms with E-state index < -0.39 is 18.5 Å². The maximum atomic E-state index is 12.2. The Morgan fingerprint density at radius 2 is 1.74 bits per heavy atom. The Hall–Kier alpha value is -3.80. The molecule has 0 saturated carbocycles. The lowest BCUT2D eigenvalue weighted by Gasteiger charge is -2.10. The van der Waals surface area contributed by atoms with Gasteiger partial charge >= 0.3 is 5.97 Å². The first-order valence-electron chi connectivity index (χ1n) is 10.1. The van der Waals surface area contributed by atoms with Crippen LogP contribution in [0.4, 0.5) is 0 Å². The molecule has 6 heteroatoms. The predicted molar refractivity (Wildman–Crippen MR) is 121 cm³/mol. The van der Waals surface area contributed by atoms with Crippen molar-refractivity contribution in [2.75, 3.05) is 6.61 Å². The van der Waals surface area contributed by atoms with Crippen LogP contribution in [0.1, 0.15) is 27.0 Å². The number of carboxylic acid groups (broad SMARTS) is 1. The van der Waals surface area contributed by atoms with Gasteiger partial charge in [-0.2, -0.15) is 0 Å². The summed E-state index contributed by atoms with van der Waals surface area (Å²) in [6, 6.07) is 17.7. The number of fused-ring (bicyclic) bond motifs is 3. The molecule has 4 aromatic rings. The van der Waals surface area contributed by atoms with Crippen molar-refractivity contribution in [1.29, 1.82) is 0 Å². The van der Waals surface area contributed by atoms with Crippen molar-refractivity contribution in [2.45, 2.75) is 26.8 Å². The highest BCUT2D eigenvalue weighted by Crippen LogP contribution is 2.38. The first-order valence-corrected chi connectivity index (χ1v) is 10.1. The van der Waals surface area contributed by atoms with Crippen LogP contribution in [-0.4, -0.2) is 28.2 Å². The molecule has 0 unspecified atom stereocenters. The third-order valence-electron chi connectivity index (χ3n) is 5.42. The van der Waals surface area contributed by atoms with E-state index in [2.05, 4.69) is 29.7 Å². The van der Waals surface area contributed by atoms with Crippen LogP contribution in [0.3, 0.4) is 0 Å². The van der Waals surface area contributed by atoms with Gasteiger partial charge in [-0.05, 0) is 55.7 Å². The molecule has 1 aromatic heterocycles. The van der Waals surface area contributed by atoms with Crippen LogP contribution in [0.15, 0.2) is 54.6 Å². The van der Waals surface area contributed by atoms with Crippen LogP contribution in [0.2, 0.25) is 0 Å². The zero-order chi connectivity index (χ0) is 22.1. The normalized spacial score (nSPS) is 11.2. The Morgan fingerprint density at radius 3 is 2.45 bits per heavy atom. The van der Waals surface area contributed by atoms with Crippen molar-refractivity contribution in [2.24, 2.45) is 5.73 Å². The average molecular weight is 416 g/mol. The van der Waals surface area contributed by atoms with Gasteiger partial charge in [0.05, 0.1) is 16.4 Å². The van der Waals surface area contributed by atoms with Gasteiger partial charge in [0.25, 0.3) is 0 Å². The van der Waals surface area contributed by atoms with E-state index in [-0.39, 0.29) is 0 Å². The molecule has 0 bridgehead atoms. The highest BCUT2D eigenvalue weighted by molar-refractivity contribution is 6.19. The lowest BCUT2D eigenvalue weighted by molar-refractivity contribution is -0.139. The van der Waals surface area contributed by atoms with Crippen molar-refractivity contribution in [1.82, 2.24) is 4.57 Å². The van der Waals surface area contributed by atoms with Gasteiger partial charge in [-0.3, -0.25) is 4.79 Å². The van der Waals surface area contributed by atoms with Crippen LogP contribution in [0.5, 0.6) is 5.75 Å². The molecule has 6 nitrogen and oxygen atoms in total. The maximum absolute atomic E-state index is 12.2. The molecule has 4 rings (SSSR count). The summed E-state index contributed by atoms with van der Waals surface area (Å²) in [7, 11) is 0. The molecule has 3 aromatic carbocycles. The summed E-state index contributed by atoms with van der Waals surface area (Å²) in [6.07, 6.45) is 0.806. The molecule has 3 N–H and O–H groups in total. The van der Waals surface area contributed by atoms with E-state index in [4.69, 9.17) is 15.6 Å². The number of hydrogen-bond acceptors (Lipinski definition) is 3. The van der Waals surface area contributed by atoms with Crippen LogP contribution in [0, 0.1) is 13.8 Å². The summed E-state index contributed by atoms with van der Waals surface area (Å²) in [5.41, 5.74) is 11.2. The number of ether oxygens (including phenoxy) is 1. The fraction of sp³-hybridized carbons (Fsp3) is 0.200. The van der Waals surface area contributed by atoms with E-state index in [1.807, 2.05) is 31.2 Å². The zero-order valence-corrected chi connectivity index (χ0v) is 17.5. The van der Waals surface area contributed by atoms with Crippen molar-refractivity contribution >= 4 is 33.7 Å². The number of nitrogens with zero attached hydrogens (tertiary/aromatic N) is 1. The third-order valence-corrected chi connectivity index (χ3v) is 5.42. The summed E-state index contributed by atoms with van der Waals surface area (Å²) >= 11 is 0. The Balaban J connectivity index is 1.94. The molecule has 0 saturated heterocycles. The van der Waals surface area contributed by atoms with Gasteiger partial charge in [0.1, 0.15) is 5.75 Å². The largest absolute Gasteiger partial charge is 0.481 e. The number of carbonyl (C=O) groups is 2. The van der Waals surface area contributed by atoms with Gasteiger partial charge in [-0.15, -0.1) is 0 Å². The number of carboxylic acids is 1. The summed E-state index contributed by atoms with van der Waals surface area (Å²) in [6.45, 7) is 4.23. The number of aliphatic carboxylic acids is 1. The van der Waals surface area contributed by atoms with E-state index in [1.54, 1.807) is 12.1 Å². The highest BCUT2D eigenvalue weighted by atomic mass is 16.5. The fourth-order valence-corrected chi connectivity index (χ4v) is 4.16. The highest BCUT2D eigenvalue weighted by Gasteiger charge is 2.20. The molecular weight excluding hydrogens is 392 g/mol. The average Bonchev–Trinajstić information content (AvgIpc) is 3.03. The predicted octanol–water partition coefficient (Wildman–Crippen LogP) is 4.22. The van der Waals surface area contributed by atoms with Crippen LogP contribution in [-0.2, 0) is 17.8 Å². The van der Waals surface area contributed by atoms with Crippen LogP contribution in [0.25, 0.3) is 21.8 Å². The van der Waals surface area contributed by atoms with Crippen molar-refractivity contribution in [3.05, 3.63) is 76.9 Å². The standard InChI is InChI=1S/C25H24N2O4/c1-15-5-3-6-17(11-15)9-10-27-19-8-4-7-18(25(26)30)23(19)24-20(27)12-16(2)13-21(24)31-14-22(28)29/h3-8,11-13H,9-10,14H2,1-2H3,(H2,26,30)(H,28,29). The number of hydrogen-bond donors (Lipinski definition) is 2. The smallest absolute Gasteiger partial charge is 0.341 e. The topological polar surface area (TPSA) is 94.6 Å². The minimum atomic E-state index is -1.06. The lowest BCUT2D eigenvalue weighted by Crippen LogP contribution is -2.11. The lowest BCUT2D eigenvalue weighted by atomic mass is 10.0. The van der Waals surface area contributed by atoms with E-state index in [1.165, 1.54) is 11.1 Å². The van der Waals surface area contributed by atoms with Crippen LogP contribution < -0.4 is 10.5 Å². The number of amides is 1. The molecule has 1 heterocycles. The molecule has 0 radical (unpaired) electrons. The van der Waals surface area contributed by atoms with Gasteiger partial charge in [-0.1, -0.05) is 35.9 Å². The van der Waals surface area contributed by atoms with Gasteiger partial charge in [0.15, 0.2) is 6.61 Å². The number of benzene rings is 3. The fourth-order valence-electron chi connectivity index (χ4n) is 4.16. The SMILES string of the molecule is Cc1cccc(CCn2c3cc(C)cc(OCC(=O)O)c3c3c(C(N)=O)cccc32)c1. The van der Waals surface area contributed by atoms with E-state index in [9.17, 15) is 9.59 Å². The molecule has 1 amide bonds. The Bertz CT molecular complexity index is 1320. The quantitative estimate of drug-likeness (QED) is 0.472. The number of aryl methyl sites for hydroxylation is 4. The van der Waals surface area contributed by atoms with Crippen molar-refractivity contribution < 1.29 is 19.4 Å². The number of aromatic nitrogens is 1. The summed E-state index contributed by atoms with van der Waals surface area (Å²) < 4.78 is 7.78. The molecule has 158 valence electrons. The number of nitrogens with two attached hydrogens (primary N) is 1. The maximum Gasteiger partial charge on any atom is 0.341 e. The summed E-state index contributed by atoms with van der Waals surface area (Å²) in [5.74, 6) is -1.16. The summed E-state index contributed by atoms with van der Waals surface area (Å²) in [5, 5.41) is 10.5. The van der Waals surface area contributed by atoms with Gasteiger partial charge in [0.2, 0.25) is 5.91 Å². The first-order chi connectivity index (χ1) is 14.8. The third kappa shape index (κ3) is 3.97. The second-order valence-electron chi connectivity index (χ2n) is 7.79. The van der Waals surface area contributed by atoms with Gasteiger partial charge in [-0.25, -0.2) is 4.79 Å². The Kier molecular flexibility index (Phi) is 5.38. The zero-order valence-electron chi connectivity index (χ0n) is 17.5. The molecule has 0 aliphatic heterocycles. The number of primary amides is 1. The van der Waals surface area contributed by atoms with Crippen molar-refractivity contribution in [3.8, 4) is 5.75 Å². The van der Waals surface area contributed by atoms with Crippen molar-refractivity contribution in [3.63, 3.8) is 0 Å². The molecule has 0 aliphatic rings. The Labute approximate surface area is 179 Å². The second kappa shape index (κ2) is 8.14. The molecule has 0 spiro atoms. The minimum absolute atomic E-state index is 0.390. The molecular formula is C25H24N2O4.